The summed E-state index contributed by atoms with van der Waals surface area (Å²) in [6.45, 7) is 1.49. The van der Waals surface area contributed by atoms with Crippen LogP contribution in [0.2, 0.25) is 0 Å². The quantitative estimate of drug-likeness (QED) is 0.721. The molecule has 92 valence electrons. The van der Waals surface area contributed by atoms with E-state index in [1.165, 1.54) is 32.6 Å². The van der Waals surface area contributed by atoms with Crippen molar-refractivity contribution in [3.05, 3.63) is 0 Å². The number of carbonyl (C=O) groups is 2. The van der Waals surface area contributed by atoms with Gasteiger partial charge in [0.2, 0.25) is 5.91 Å². The molecule has 0 aromatic heterocycles. The van der Waals surface area contributed by atoms with Crippen LogP contribution in [0.4, 0.5) is 0 Å². The summed E-state index contributed by atoms with van der Waals surface area (Å²) in [5, 5.41) is 11.2. The maximum atomic E-state index is 11.6. The number of carbonyl (C=O) groups excluding carboxylic acids is 1. The standard InChI is InChI=1S/C12H21NO3/c1-9(12(15)16)13-11(14)8-10-6-4-2-3-5-7-10/h9-10H,2-8H2,1H3,(H,13,14)(H,15,16). The molecule has 4 heteroatoms. The lowest BCUT2D eigenvalue weighted by Gasteiger charge is -2.15. The Bertz CT molecular complexity index is 245. The first-order valence-corrected chi connectivity index (χ1v) is 6.11. The topological polar surface area (TPSA) is 66.4 Å². The number of amides is 1. The minimum atomic E-state index is -0.978. The van der Waals surface area contributed by atoms with Crippen LogP contribution in [0.25, 0.3) is 0 Å². The highest BCUT2D eigenvalue weighted by Crippen LogP contribution is 2.25. The average Bonchev–Trinajstić information content (AvgIpc) is 2.45. The maximum absolute atomic E-state index is 11.6. The van der Waals surface area contributed by atoms with Crippen molar-refractivity contribution in [1.29, 1.82) is 0 Å². The van der Waals surface area contributed by atoms with Crippen LogP contribution >= 0.6 is 0 Å². The van der Waals surface area contributed by atoms with Crippen LogP contribution in [0.1, 0.15) is 51.9 Å². The predicted octanol–water partition coefficient (Wildman–Crippen LogP) is 1.94. The number of rotatable bonds is 4. The molecule has 1 amide bonds. The van der Waals surface area contributed by atoms with Crippen LogP contribution in [0, 0.1) is 5.92 Å². The molecule has 0 radical (unpaired) electrons. The second-order valence-electron chi connectivity index (χ2n) is 4.69. The van der Waals surface area contributed by atoms with Gasteiger partial charge in [0.15, 0.2) is 0 Å². The Morgan fingerprint density at radius 2 is 1.81 bits per heavy atom. The van der Waals surface area contributed by atoms with Gasteiger partial charge in [-0.1, -0.05) is 25.7 Å². The SMILES string of the molecule is CC(NC(=O)CC1CCCCCC1)C(=O)O. The van der Waals surface area contributed by atoms with Crippen LogP contribution in [-0.4, -0.2) is 23.0 Å². The molecular formula is C12H21NO3. The molecule has 0 saturated heterocycles. The molecule has 1 aliphatic carbocycles. The van der Waals surface area contributed by atoms with Crippen molar-refractivity contribution in [2.45, 2.75) is 57.9 Å². The fraction of sp³-hybridized carbons (Fsp3) is 0.833. The number of hydrogen-bond donors (Lipinski definition) is 2. The van der Waals surface area contributed by atoms with E-state index in [4.69, 9.17) is 5.11 Å². The summed E-state index contributed by atoms with van der Waals surface area (Å²) >= 11 is 0. The zero-order valence-electron chi connectivity index (χ0n) is 9.87. The third-order valence-electron chi connectivity index (χ3n) is 3.20. The molecular weight excluding hydrogens is 206 g/mol. The first kappa shape index (κ1) is 13.0. The fourth-order valence-corrected chi connectivity index (χ4v) is 2.19. The van der Waals surface area contributed by atoms with Crippen LogP contribution in [0.3, 0.4) is 0 Å². The van der Waals surface area contributed by atoms with E-state index >= 15 is 0 Å². The summed E-state index contributed by atoms with van der Waals surface area (Å²) in [5.41, 5.74) is 0. The summed E-state index contributed by atoms with van der Waals surface area (Å²) in [5.74, 6) is -0.653. The van der Waals surface area contributed by atoms with Gasteiger partial charge in [-0.3, -0.25) is 9.59 Å². The minimum absolute atomic E-state index is 0.123. The van der Waals surface area contributed by atoms with Gasteiger partial charge in [0.25, 0.3) is 0 Å². The molecule has 16 heavy (non-hydrogen) atoms. The summed E-state index contributed by atoms with van der Waals surface area (Å²) in [7, 11) is 0. The highest BCUT2D eigenvalue weighted by Gasteiger charge is 2.19. The highest BCUT2D eigenvalue weighted by atomic mass is 16.4. The summed E-state index contributed by atoms with van der Waals surface area (Å²) in [6.07, 6.45) is 7.63. The van der Waals surface area contributed by atoms with E-state index in [1.54, 1.807) is 0 Å². The number of aliphatic carboxylic acids is 1. The molecule has 1 fully saturated rings. The van der Waals surface area contributed by atoms with Crippen molar-refractivity contribution in [1.82, 2.24) is 5.32 Å². The number of carboxylic acids is 1. The number of carboxylic acid groups (broad SMARTS) is 1. The fourth-order valence-electron chi connectivity index (χ4n) is 2.19. The van der Waals surface area contributed by atoms with Gasteiger partial charge >= 0.3 is 5.97 Å². The van der Waals surface area contributed by atoms with Gasteiger partial charge < -0.3 is 10.4 Å². The molecule has 1 unspecified atom stereocenters. The zero-order valence-corrected chi connectivity index (χ0v) is 9.87. The number of nitrogens with one attached hydrogen (secondary N) is 1. The Hall–Kier alpha value is -1.06. The normalized spacial score (nSPS) is 19.8. The third kappa shape index (κ3) is 4.64. The molecule has 1 aliphatic rings. The smallest absolute Gasteiger partial charge is 0.325 e. The van der Waals surface area contributed by atoms with Crippen LogP contribution in [0.5, 0.6) is 0 Å². The molecule has 2 N–H and O–H groups in total. The van der Waals surface area contributed by atoms with Gasteiger partial charge in [0, 0.05) is 6.42 Å². The monoisotopic (exact) mass is 227 g/mol. The lowest BCUT2D eigenvalue weighted by molar-refractivity contribution is -0.141. The van der Waals surface area contributed by atoms with Crippen molar-refractivity contribution < 1.29 is 14.7 Å². The van der Waals surface area contributed by atoms with Gasteiger partial charge in [-0.15, -0.1) is 0 Å². The zero-order chi connectivity index (χ0) is 12.0. The first-order valence-electron chi connectivity index (χ1n) is 6.11. The molecule has 0 aromatic rings. The van der Waals surface area contributed by atoms with Crippen molar-refractivity contribution in [2.75, 3.05) is 0 Å². The molecule has 0 aliphatic heterocycles. The van der Waals surface area contributed by atoms with Gasteiger partial charge in [-0.2, -0.15) is 0 Å². The van der Waals surface area contributed by atoms with E-state index in [1.807, 2.05) is 0 Å². The molecule has 4 nitrogen and oxygen atoms in total. The van der Waals surface area contributed by atoms with Crippen molar-refractivity contribution in [2.24, 2.45) is 5.92 Å². The van der Waals surface area contributed by atoms with E-state index in [0.717, 1.165) is 12.8 Å². The average molecular weight is 227 g/mol. The second-order valence-corrected chi connectivity index (χ2v) is 4.69. The Labute approximate surface area is 96.4 Å². The van der Waals surface area contributed by atoms with Gasteiger partial charge in [0.05, 0.1) is 0 Å². The molecule has 0 heterocycles. The minimum Gasteiger partial charge on any atom is -0.480 e. The highest BCUT2D eigenvalue weighted by molar-refractivity contribution is 5.83. The van der Waals surface area contributed by atoms with E-state index < -0.39 is 12.0 Å². The van der Waals surface area contributed by atoms with E-state index in [2.05, 4.69) is 5.32 Å². The maximum Gasteiger partial charge on any atom is 0.325 e. The number of hydrogen-bond acceptors (Lipinski definition) is 2. The van der Waals surface area contributed by atoms with E-state index in [-0.39, 0.29) is 5.91 Å². The lowest BCUT2D eigenvalue weighted by Crippen LogP contribution is -2.39. The molecule has 1 atom stereocenters. The Kier molecular flexibility index (Phi) is 5.29. The Morgan fingerprint density at radius 3 is 2.31 bits per heavy atom. The molecule has 1 saturated carbocycles. The molecule has 1 rings (SSSR count). The van der Waals surface area contributed by atoms with Gasteiger partial charge in [-0.05, 0) is 25.7 Å². The first-order chi connectivity index (χ1) is 7.59. The molecule has 0 spiro atoms. The third-order valence-corrected chi connectivity index (χ3v) is 3.20. The predicted molar refractivity (Wildman–Crippen MR) is 61.0 cm³/mol. The summed E-state index contributed by atoms with van der Waals surface area (Å²) in [4.78, 5) is 22.1. The van der Waals surface area contributed by atoms with Crippen molar-refractivity contribution >= 4 is 11.9 Å². The van der Waals surface area contributed by atoms with E-state index in [0.29, 0.717) is 12.3 Å². The van der Waals surface area contributed by atoms with E-state index in [9.17, 15) is 9.59 Å². The summed E-state index contributed by atoms with van der Waals surface area (Å²) < 4.78 is 0. The second kappa shape index (κ2) is 6.51. The largest absolute Gasteiger partial charge is 0.480 e. The Balaban J connectivity index is 2.29. The lowest BCUT2D eigenvalue weighted by atomic mass is 9.96. The van der Waals surface area contributed by atoms with Crippen molar-refractivity contribution in [3.8, 4) is 0 Å². The molecule has 0 aromatic carbocycles. The summed E-state index contributed by atoms with van der Waals surface area (Å²) in [6, 6.07) is -0.779. The van der Waals surface area contributed by atoms with Crippen LogP contribution in [-0.2, 0) is 9.59 Å². The molecule has 0 bridgehead atoms. The van der Waals surface area contributed by atoms with Crippen molar-refractivity contribution in [3.63, 3.8) is 0 Å². The van der Waals surface area contributed by atoms with Crippen LogP contribution in [0.15, 0.2) is 0 Å². The van der Waals surface area contributed by atoms with Gasteiger partial charge in [-0.25, -0.2) is 0 Å². The van der Waals surface area contributed by atoms with Crippen LogP contribution < -0.4 is 5.32 Å². The Morgan fingerprint density at radius 1 is 1.25 bits per heavy atom. The van der Waals surface area contributed by atoms with Gasteiger partial charge in [0.1, 0.15) is 6.04 Å².